The largest absolute Gasteiger partial charge is 0.496 e. The fourth-order valence-electron chi connectivity index (χ4n) is 3.41. The van der Waals surface area contributed by atoms with Gasteiger partial charge in [-0.15, -0.1) is 0 Å². The van der Waals surface area contributed by atoms with Crippen molar-refractivity contribution in [2.45, 2.75) is 6.92 Å². The number of ether oxygens (including phenoxy) is 1. The van der Waals surface area contributed by atoms with Crippen molar-refractivity contribution in [3.05, 3.63) is 81.6 Å². The van der Waals surface area contributed by atoms with E-state index in [9.17, 15) is 24.5 Å². The summed E-state index contributed by atoms with van der Waals surface area (Å²) in [6.07, 6.45) is 1.21. The van der Waals surface area contributed by atoms with E-state index in [1.54, 1.807) is 31.2 Å². The van der Waals surface area contributed by atoms with Crippen LogP contribution in [0, 0.1) is 17.0 Å². The molecular formula is C23H17N3O7. The third-order valence-electron chi connectivity index (χ3n) is 5.03. The number of methoxy groups -OCH3 is 1. The Bertz CT molecular complexity index is 1340. The number of para-hydroxylation sites is 1. The first-order chi connectivity index (χ1) is 15.8. The average Bonchev–Trinajstić information content (AvgIpc) is 3.26. The fourth-order valence-corrected chi connectivity index (χ4v) is 3.41. The lowest BCUT2D eigenvalue weighted by Gasteiger charge is -2.27. The molecule has 0 bridgehead atoms. The van der Waals surface area contributed by atoms with E-state index in [-0.39, 0.29) is 22.8 Å². The molecule has 0 radical (unpaired) electrons. The van der Waals surface area contributed by atoms with E-state index in [0.717, 1.165) is 4.90 Å². The van der Waals surface area contributed by atoms with Gasteiger partial charge in [-0.05, 0) is 42.8 Å². The number of anilines is 1. The molecular weight excluding hydrogens is 430 g/mol. The topological polar surface area (TPSA) is 132 Å². The Hall–Kier alpha value is -4.73. The minimum absolute atomic E-state index is 0.135. The fraction of sp³-hybridized carbons (Fsp3) is 0.0870. The van der Waals surface area contributed by atoms with Crippen molar-refractivity contribution in [1.82, 2.24) is 5.32 Å². The van der Waals surface area contributed by atoms with Gasteiger partial charge in [0.05, 0.1) is 23.3 Å². The molecule has 2 aromatic carbocycles. The summed E-state index contributed by atoms with van der Waals surface area (Å²) in [5, 5.41) is 13.3. The maximum Gasteiger partial charge on any atom is 0.335 e. The van der Waals surface area contributed by atoms with E-state index in [1.807, 2.05) is 0 Å². The Kier molecular flexibility index (Phi) is 5.49. The third kappa shape index (κ3) is 3.97. The third-order valence-corrected chi connectivity index (χ3v) is 5.03. The monoisotopic (exact) mass is 447 g/mol. The van der Waals surface area contributed by atoms with Crippen LogP contribution in [-0.2, 0) is 9.59 Å². The Labute approximate surface area is 187 Å². The lowest BCUT2D eigenvalue weighted by molar-refractivity contribution is -0.384. The molecule has 1 aliphatic heterocycles. The molecule has 1 aromatic heterocycles. The molecule has 3 aromatic rings. The molecule has 4 rings (SSSR count). The molecule has 4 amide bonds. The number of nitrogens with zero attached hydrogens (tertiary/aromatic N) is 2. The van der Waals surface area contributed by atoms with Crippen LogP contribution in [0.5, 0.6) is 5.75 Å². The molecule has 2 heterocycles. The molecule has 0 aliphatic carbocycles. The van der Waals surface area contributed by atoms with Gasteiger partial charge in [0.2, 0.25) is 0 Å². The lowest BCUT2D eigenvalue weighted by Crippen LogP contribution is -2.54. The predicted octanol–water partition coefficient (Wildman–Crippen LogP) is 3.84. The number of barbiturate groups is 1. The number of aryl methyl sites for hydroxylation is 1. The van der Waals surface area contributed by atoms with E-state index in [0.29, 0.717) is 22.6 Å². The summed E-state index contributed by atoms with van der Waals surface area (Å²) in [6.45, 7) is 1.74. The number of urea groups is 1. The van der Waals surface area contributed by atoms with Gasteiger partial charge in [0, 0.05) is 12.1 Å². The number of hydrogen-bond donors (Lipinski definition) is 1. The van der Waals surface area contributed by atoms with Gasteiger partial charge in [0.15, 0.2) is 0 Å². The second-order valence-corrected chi connectivity index (χ2v) is 7.09. The Morgan fingerprint density at radius 1 is 1.09 bits per heavy atom. The van der Waals surface area contributed by atoms with Crippen LogP contribution in [0.3, 0.4) is 0 Å². The standard InChI is InChI=1S/C23H17N3O7/c1-13-5-3-4-6-18(13)25-22(28)17(21(27)24-23(25)29)12-15-8-10-20(33-15)16-11-14(26(30)31)7-9-19(16)32-2/h3-12H,1-2H3,(H,24,27,29)/b17-12+. The molecule has 10 heteroatoms. The van der Waals surface area contributed by atoms with Gasteiger partial charge in [-0.1, -0.05) is 18.2 Å². The number of nitrogens with one attached hydrogen (secondary N) is 1. The molecule has 1 saturated heterocycles. The second-order valence-electron chi connectivity index (χ2n) is 7.09. The number of amides is 4. The van der Waals surface area contributed by atoms with Crippen LogP contribution in [0.2, 0.25) is 0 Å². The summed E-state index contributed by atoms with van der Waals surface area (Å²) in [5.74, 6) is -0.948. The van der Waals surface area contributed by atoms with Gasteiger partial charge < -0.3 is 9.15 Å². The highest BCUT2D eigenvalue weighted by molar-refractivity contribution is 6.39. The summed E-state index contributed by atoms with van der Waals surface area (Å²) in [5.41, 5.74) is 0.890. The van der Waals surface area contributed by atoms with Gasteiger partial charge in [-0.25, -0.2) is 9.69 Å². The molecule has 1 N–H and O–H groups in total. The maximum absolute atomic E-state index is 13.0. The predicted molar refractivity (Wildman–Crippen MR) is 118 cm³/mol. The minimum Gasteiger partial charge on any atom is -0.496 e. The first-order valence-corrected chi connectivity index (χ1v) is 9.70. The van der Waals surface area contributed by atoms with Crippen LogP contribution in [0.25, 0.3) is 17.4 Å². The zero-order chi connectivity index (χ0) is 23.7. The first kappa shape index (κ1) is 21.5. The molecule has 0 saturated carbocycles. The molecule has 10 nitrogen and oxygen atoms in total. The van der Waals surface area contributed by atoms with Crippen molar-refractivity contribution in [1.29, 1.82) is 0 Å². The molecule has 33 heavy (non-hydrogen) atoms. The van der Waals surface area contributed by atoms with Crippen molar-refractivity contribution in [2.24, 2.45) is 0 Å². The molecule has 166 valence electrons. The van der Waals surface area contributed by atoms with Gasteiger partial charge >= 0.3 is 6.03 Å². The van der Waals surface area contributed by atoms with Crippen molar-refractivity contribution < 1.29 is 28.5 Å². The van der Waals surface area contributed by atoms with Crippen LogP contribution in [0.1, 0.15) is 11.3 Å². The number of imide groups is 2. The SMILES string of the molecule is COc1ccc([N+](=O)[O-])cc1-c1ccc(/C=C2\C(=O)NC(=O)N(c3ccccc3C)C2=O)o1. The highest BCUT2D eigenvalue weighted by atomic mass is 16.6. The average molecular weight is 447 g/mol. The molecule has 1 aliphatic rings. The van der Waals surface area contributed by atoms with Crippen molar-refractivity contribution in [3.63, 3.8) is 0 Å². The number of rotatable bonds is 5. The highest BCUT2D eigenvalue weighted by Gasteiger charge is 2.37. The number of carbonyl (C=O) groups excluding carboxylic acids is 3. The summed E-state index contributed by atoms with van der Waals surface area (Å²) < 4.78 is 11.0. The van der Waals surface area contributed by atoms with Crippen molar-refractivity contribution >= 4 is 35.3 Å². The zero-order valence-corrected chi connectivity index (χ0v) is 17.5. The first-order valence-electron chi connectivity index (χ1n) is 9.70. The van der Waals surface area contributed by atoms with Crippen LogP contribution in [0.4, 0.5) is 16.2 Å². The number of nitro benzene ring substituents is 1. The Morgan fingerprint density at radius 3 is 2.55 bits per heavy atom. The van der Waals surface area contributed by atoms with Crippen LogP contribution in [0.15, 0.2) is 64.6 Å². The van der Waals surface area contributed by atoms with Gasteiger partial charge in [0.25, 0.3) is 17.5 Å². The maximum atomic E-state index is 13.0. The summed E-state index contributed by atoms with van der Waals surface area (Å²) in [4.78, 5) is 49.3. The highest BCUT2D eigenvalue weighted by Crippen LogP contribution is 2.35. The number of non-ortho nitro benzene ring substituents is 1. The second kappa shape index (κ2) is 8.42. The van der Waals surface area contributed by atoms with Crippen molar-refractivity contribution in [3.8, 4) is 17.1 Å². The van der Waals surface area contributed by atoms with Crippen LogP contribution >= 0.6 is 0 Å². The molecule has 1 fully saturated rings. The van der Waals surface area contributed by atoms with E-state index < -0.39 is 22.8 Å². The molecule has 0 atom stereocenters. The molecule has 0 spiro atoms. The van der Waals surface area contributed by atoms with E-state index in [2.05, 4.69) is 5.32 Å². The van der Waals surface area contributed by atoms with E-state index >= 15 is 0 Å². The number of carbonyl (C=O) groups is 3. The van der Waals surface area contributed by atoms with Gasteiger partial charge in [-0.2, -0.15) is 0 Å². The van der Waals surface area contributed by atoms with E-state index in [4.69, 9.17) is 9.15 Å². The minimum atomic E-state index is -0.860. The lowest BCUT2D eigenvalue weighted by atomic mass is 10.1. The number of hydrogen-bond acceptors (Lipinski definition) is 7. The van der Waals surface area contributed by atoms with Crippen LogP contribution in [-0.4, -0.2) is 29.9 Å². The zero-order valence-electron chi connectivity index (χ0n) is 17.5. The Balaban J connectivity index is 1.72. The Morgan fingerprint density at radius 2 is 1.85 bits per heavy atom. The van der Waals surface area contributed by atoms with Crippen molar-refractivity contribution in [2.75, 3.05) is 12.0 Å². The summed E-state index contributed by atoms with van der Waals surface area (Å²) in [6, 6.07) is 13.0. The van der Waals surface area contributed by atoms with Gasteiger partial charge in [0.1, 0.15) is 22.8 Å². The number of nitro groups is 1. The van der Waals surface area contributed by atoms with Gasteiger partial charge in [-0.3, -0.25) is 25.0 Å². The summed E-state index contributed by atoms with van der Waals surface area (Å²) in [7, 11) is 1.42. The quantitative estimate of drug-likeness (QED) is 0.272. The molecule has 0 unspecified atom stereocenters. The van der Waals surface area contributed by atoms with Crippen LogP contribution < -0.4 is 15.0 Å². The van der Waals surface area contributed by atoms with E-state index in [1.165, 1.54) is 43.5 Å². The summed E-state index contributed by atoms with van der Waals surface area (Å²) >= 11 is 0. The number of benzene rings is 2. The number of furan rings is 1. The smallest absolute Gasteiger partial charge is 0.335 e. The normalized spacial score (nSPS) is 15.0.